The molecule has 0 heterocycles. The van der Waals surface area contributed by atoms with Gasteiger partial charge in [-0.05, 0) is 13.3 Å². The van der Waals surface area contributed by atoms with Crippen molar-refractivity contribution in [1.82, 2.24) is 0 Å². The lowest BCUT2D eigenvalue weighted by Gasteiger charge is -1.94. The van der Waals surface area contributed by atoms with Gasteiger partial charge in [0.1, 0.15) is 0 Å². The van der Waals surface area contributed by atoms with E-state index in [9.17, 15) is 0 Å². The van der Waals surface area contributed by atoms with Crippen LogP contribution in [-0.2, 0) is 0 Å². The molecule has 0 saturated carbocycles. The molecule has 0 heteroatoms. The molecule has 0 nitrogen and oxygen atoms in total. The minimum atomic E-state index is 0.759. The first-order valence-corrected chi connectivity index (χ1v) is 4.66. The largest absolute Gasteiger partial charge is 0.103 e. The van der Waals surface area contributed by atoms with Crippen LogP contribution >= 0.6 is 0 Å². The third-order valence-corrected chi connectivity index (χ3v) is 1.66. The molecule has 11 heavy (non-hydrogen) atoms. The maximum Gasteiger partial charge on any atom is 0.00890 e. The molecule has 0 amide bonds. The van der Waals surface area contributed by atoms with E-state index >= 15 is 0 Å². The predicted octanol–water partition coefficient (Wildman–Crippen LogP) is 3.57. The van der Waals surface area contributed by atoms with Crippen molar-refractivity contribution in [2.45, 2.75) is 51.9 Å². The molecular formula is C11H19. The molecule has 0 fully saturated rings. The fraction of sp³-hybridized carbons (Fsp3) is 0.727. The van der Waals surface area contributed by atoms with Gasteiger partial charge in [0.2, 0.25) is 0 Å². The summed E-state index contributed by atoms with van der Waals surface area (Å²) in [5, 5.41) is 0. The Morgan fingerprint density at radius 2 is 1.73 bits per heavy atom. The Hall–Kier alpha value is -0.440. The molecule has 0 aliphatic heterocycles. The summed E-state index contributed by atoms with van der Waals surface area (Å²) in [7, 11) is 0. The SMILES string of the molecule is [CH2]CC#CCCCCCCC. The van der Waals surface area contributed by atoms with E-state index in [4.69, 9.17) is 0 Å². The highest BCUT2D eigenvalue weighted by molar-refractivity contribution is 4.98. The van der Waals surface area contributed by atoms with E-state index in [1.165, 1.54) is 32.1 Å². The normalized spacial score (nSPS) is 8.91. The van der Waals surface area contributed by atoms with Gasteiger partial charge in [-0.15, -0.1) is 11.8 Å². The molecule has 0 atom stereocenters. The van der Waals surface area contributed by atoms with Crippen molar-refractivity contribution in [2.24, 2.45) is 0 Å². The third kappa shape index (κ3) is 9.56. The molecule has 0 aliphatic rings. The molecule has 0 saturated heterocycles. The van der Waals surface area contributed by atoms with Crippen LogP contribution in [-0.4, -0.2) is 0 Å². The van der Waals surface area contributed by atoms with Gasteiger partial charge in [0.15, 0.2) is 0 Å². The molecule has 0 spiro atoms. The molecule has 0 aliphatic carbocycles. The van der Waals surface area contributed by atoms with E-state index < -0.39 is 0 Å². The molecular weight excluding hydrogens is 132 g/mol. The summed E-state index contributed by atoms with van der Waals surface area (Å²) in [6.07, 6.45) is 8.52. The quantitative estimate of drug-likeness (QED) is 0.416. The van der Waals surface area contributed by atoms with E-state index in [1.807, 2.05) is 0 Å². The van der Waals surface area contributed by atoms with Gasteiger partial charge in [-0.25, -0.2) is 0 Å². The Bertz CT molecular complexity index is 114. The van der Waals surface area contributed by atoms with E-state index in [1.54, 1.807) is 0 Å². The second-order valence-electron chi connectivity index (χ2n) is 2.77. The topological polar surface area (TPSA) is 0 Å². The van der Waals surface area contributed by atoms with Crippen LogP contribution in [0, 0.1) is 18.8 Å². The minimum Gasteiger partial charge on any atom is -0.103 e. The van der Waals surface area contributed by atoms with Crippen molar-refractivity contribution < 1.29 is 0 Å². The Balaban J connectivity index is 2.90. The van der Waals surface area contributed by atoms with E-state index in [2.05, 4.69) is 25.7 Å². The highest BCUT2D eigenvalue weighted by Crippen LogP contribution is 2.03. The van der Waals surface area contributed by atoms with E-state index in [0.29, 0.717) is 0 Å². The van der Waals surface area contributed by atoms with Crippen LogP contribution in [0.5, 0.6) is 0 Å². The monoisotopic (exact) mass is 151 g/mol. The summed E-state index contributed by atoms with van der Waals surface area (Å²) in [6, 6.07) is 0. The lowest BCUT2D eigenvalue weighted by atomic mass is 10.1. The molecule has 0 aromatic heterocycles. The zero-order valence-corrected chi connectivity index (χ0v) is 7.66. The molecule has 0 rings (SSSR count). The Kier molecular flexibility index (Phi) is 9.18. The molecule has 63 valence electrons. The van der Waals surface area contributed by atoms with Gasteiger partial charge in [-0.2, -0.15) is 0 Å². The molecule has 0 bridgehead atoms. The fourth-order valence-electron chi connectivity index (χ4n) is 0.994. The van der Waals surface area contributed by atoms with Gasteiger partial charge in [0, 0.05) is 12.8 Å². The van der Waals surface area contributed by atoms with Crippen molar-refractivity contribution in [1.29, 1.82) is 0 Å². The molecule has 1 radical (unpaired) electrons. The van der Waals surface area contributed by atoms with Crippen molar-refractivity contribution in [2.75, 3.05) is 0 Å². The Labute approximate surface area is 71.4 Å². The van der Waals surface area contributed by atoms with Crippen LogP contribution < -0.4 is 0 Å². The smallest absolute Gasteiger partial charge is 0.00890 e. The van der Waals surface area contributed by atoms with Crippen LogP contribution in [0.2, 0.25) is 0 Å². The van der Waals surface area contributed by atoms with Crippen LogP contribution in [0.1, 0.15) is 51.9 Å². The van der Waals surface area contributed by atoms with Gasteiger partial charge in [-0.3, -0.25) is 0 Å². The van der Waals surface area contributed by atoms with Crippen LogP contribution in [0.4, 0.5) is 0 Å². The van der Waals surface area contributed by atoms with Gasteiger partial charge >= 0.3 is 0 Å². The first kappa shape index (κ1) is 10.6. The van der Waals surface area contributed by atoms with E-state index in [0.717, 1.165) is 12.8 Å². The first-order chi connectivity index (χ1) is 5.41. The second-order valence-corrected chi connectivity index (χ2v) is 2.77. The van der Waals surface area contributed by atoms with Gasteiger partial charge in [-0.1, -0.05) is 32.6 Å². The lowest BCUT2D eigenvalue weighted by molar-refractivity contribution is 0.641. The number of rotatable bonds is 5. The Morgan fingerprint density at radius 3 is 2.36 bits per heavy atom. The fourth-order valence-corrected chi connectivity index (χ4v) is 0.994. The van der Waals surface area contributed by atoms with Gasteiger partial charge in [0.05, 0.1) is 0 Å². The molecule has 0 aromatic rings. The molecule has 0 aromatic carbocycles. The maximum absolute atomic E-state index is 3.66. The highest BCUT2D eigenvalue weighted by Gasteiger charge is 1.85. The van der Waals surface area contributed by atoms with E-state index in [-0.39, 0.29) is 0 Å². The summed E-state index contributed by atoms with van der Waals surface area (Å²) in [5.41, 5.74) is 0. The first-order valence-electron chi connectivity index (χ1n) is 4.66. The number of unbranched alkanes of at least 4 members (excludes halogenated alkanes) is 5. The van der Waals surface area contributed by atoms with Crippen LogP contribution in [0.3, 0.4) is 0 Å². The van der Waals surface area contributed by atoms with Crippen molar-refractivity contribution >= 4 is 0 Å². The zero-order valence-electron chi connectivity index (χ0n) is 7.66. The van der Waals surface area contributed by atoms with Gasteiger partial charge in [0.25, 0.3) is 0 Å². The highest BCUT2D eigenvalue weighted by atomic mass is 13.9. The molecule has 0 unspecified atom stereocenters. The lowest BCUT2D eigenvalue weighted by Crippen LogP contribution is -1.75. The molecule has 0 N–H and O–H groups in total. The van der Waals surface area contributed by atoms with Crippen LogP contribution in [0.15, 0.2) is 0 Å². The van der Waals surface area contributed by atoms with Crippen molar-refractivity contribution in [3.63, 3.8) is 0 Å². The minimum absolute atomic E-state index is 0.759. The summed E-state index contributed by atoms with van der Waals surface area (Å²) < 4.78 is 0. The average molecular weight is 151 g/mol. The van der Waals surface area contributed by atoms with Crippen molar-refractivity contribution in [3.05, 3.63) is 6.92 Å². The van der Waals surface area contributed by atoms with Crippen LogP contribution in [0.25, 0.3) is 0 Å². The summed E-state index contributed by atoms with van der Waals surface area (Å²) >= 11 is 0. The maximum atomic E-state index is 3.66. The predicted molar refractivity (Wildman–Crippen MR) is 51.1 cm³/mol. The average Bonchev–Trinajstić information content (AvgIpc) is 2.03. The standard InChI is InChI=1S/C11H19/c1-3-5-7-9-11-10-8-6-4-2/h1,3-4,6,8-11H2,2H3. The zero-order chi connectivity index (χ0) is 8.36. The Morgan fingerprint density at radius 1 is 1.00 bits per heavy atom. The van der Waals surface area contributed by atoms with Crippen molar-refractivity contribution in [3.8, 4) is 11.8 Å². The summed E-state index contributed by atoms with van der Waals surface area (Å²) in [6.45, 7) is 5.90. The number of hydrogen-bond donors (Lipinski definition) is 0. The second kappa shape index (κ2) is 9.56. The summed E-state index contributed by atoms with van der Waals surface area (Å²) in [5.74, 6) is 6.08. The van der Waals surface area contributed by atoms with Gasteiger partial charge < -0.3 is 0 Å². The number of hydrogen-bond acceptors (Lipinski definition) is 0. The third-order valence-electron chi connectivity index (χ3n) is 1.66. The summed E-state index contributed by atoms with van der Waals surface area (Å²) in [4.78, 5) is 0.